The molecule has 0 fully saturated rings. The lowest BCUT2D eigenvalue weighted by Crippen LogP contribution is -2.34. The molecule has 0 radical (unpaired) electrons. The first-order valence-electron chi connectivity index (χ1n) is 8.46. The van der Waals surface area contributed by atoms with Crippen molar-refractivity contribution in [1.29, 1.82) is 0 Å². The molecule has 1 aromatic rings. The number of rotatable bonds is 11. The number of benzene rings is 1. The number of carbonyl (C=O) groups excluding carboxylic acids is 4. The maximum Gasteiger partial charge on any atom is 0.325 e. The van der Waals surface area contributed by atoms with Crippen molar-refractivity contribution in [1.82, 2.24) is 10.6 Å². The Balaban J connectivity index is 2.17. The largest absolute Gasteiger partial charge is 0.497 e. The van der Waals surface area contributed by atoms with Gasteiger partial charge < -0.3 is 24.8 Å². The van der Waals surface area contributed by atoms with E-state index in [0.717, 1.165) is 0 Å². The van der Waals surface area contributed by atoms with Crippen molar-refractivity contribution in [3.8, 4) is 5.75 Å². The number of nitrogens with one attached hydrogen (secondary N) is 2. The van der Waals surface area contributed by atoms with E-state index in [-0.39, 0.29) is 25.5 Å². The van der Waals surface area contributed by atoms with E-state index < -0.39 is 24.4 Å². The lowest BCUT2D eigenvalue weighted by atomic mass is 10.2. The van der Waals surface area contributed by atoms with Crippen LogP contribution in [0.3, 0.4) is 0 Å². The van der Waals surface area contributed by atoms with E-state index in [1.54, 1.807) is 31.2 Å². The van der Waals surface area contributed by atoms with Crippen molar-refractivity contribution in [2.24, 2.45) is 0 Å². The standard InChI is InChI=1S/C18H24N2O7/c1-3-26-16(22)5-4-10-19-15(21)12-27-17(23)11-20-18(24)13-6-8-14(25-2)9-7-13/h6-9H,3-5,10-12H2,1-2H3,(H,19,21)(H,20,24). The van der Waals surface area contributed by atoms with Crippen LogP contribution in [0.15, 0.2) is 24.3 Å². The molecule has 0 saturated carbocycles. The molecule has 1 rings (SSSR count). The highest BCUT2D eigenvalue weighted by molar-refractivity contribution is 5.96. The van der Waals surface area contributed by atoms with Crippen LogP contribution >= 0.6 is 0 Å². The first-order valence-corrected chi connectivity index (χ1v) is 8.46. The van der Waals surface area contributed by atoms with E-state index in [9.17, 15) is 19.2 Å². The van der Waals surface area contributed by atoms with E-state index in [1.807, 2.05) is 0 Å². The van der Waals surface area contributed by atoms with Gasteiger partial charge in [0.2, 0.25) is 0 Å². The van der Waals surface area contributed by atoms with Gasteiger partial charge >= 0.3 is 11.9 Å². The number of hydrogen-bond acceptors (Lipinski definition) is 7. The molecule has 0 heterocycles. The minimum Gasteiger partial charge on any atom is -0.497 e. The highest BCUT2D eigenvalue weighted by Gasteiger charge is 2.11. The number of hydrogen-bond donors (Lipinski definition) is 2. The first-order chi connectivity index (χ1) is 13.0. The summed E-state index contributed by atoms with van der Waals surface area (Å²) < 4.78 is 14.5. The Hall–Kier alpha value is -3.10. The van der Waals surface area contributed by atoms with Crippen molar-refractivity contribution < 1.29 is 33.4 Å². The van der Waals surface area contributed by atoms with Crippen LogP contribution in [-0.4, -0.2) is 57.2 Å². The number of amides is 2. The van der Waals surface area contributed by atoms with Gasteiger partial charge in [-0.05, 0) is 37.6 Å². The zero-order chi connectivity index (χ0) is 20.1. The van der Waals surface area contributed by atoms with Crippen molar-refractivity contribution in [3.05, 3.63) is 29.8 Å². The molecule has 0 aliphatic carbocycles. The van der Waals surface area contributed by atoms with Gasteiger partial charge in [0.05, 0.1) is 13.7 Å². The molecule has 0 bridgehead atoms. The quantitative estimate of drug-likeness (QED) is 0.422. The fourth-order valence-electron chi connectivity index (χ4n) is 1.94. The summed E-state index contributed by atoms with van der Waals surface area (Å²) in [5.41, 5.74) is 0.364. The van der Waals surface area contributed by atoms with Gasteiger partial charge in [0.1, 0.15) is 12.3 Å². The summed E-state index contributed by atoms with van der Waals surface area (Å²) in [5, 5.41) is 4.91. The zero-order valence-electron chi connectivity index (χ0n) is 15.4. The molecular formula is C18H24N2O7. The topological polar surface area (TPSA) is 120 Å². The molecule has 9 heteroatoms. The van der Waals surface area contributed by atoms with Crippen molar-refractivity contribution in [2.45, 2.75) is 19.8 Å². The summed E-state index contributed by atoms with van der Waals surface area (Å²) in [6, 6.07) is 6.37. The van der Waals surface area contributed by atoms with Crippen LogP contribution in [0, 0.1) is 0 Å². The van der Waals surface area contributed by atoms with Crippen LogP contribution in [0.1, 0.15) is 30.1 Å². The van der Waals surface area contributed by atoms with Crippen LogP contribution < -0.4 is 15.4 Å². The molecule has 148 valence electrons. The average Bonchev–Trinajstić information content (AvgIpc) is 2.68. The Bertz CT molecular complexity index is 644. The monoisotopic (exact) mass is 380 g/mol. The lowest BCUT2D eigenvalue weighted by Gasteiger charge is -2.08. The second-order valence-corrected chi connectivity index (χ2v) is 5.33. The third-order valence-electron chi connectivity index (χ3n) is 3.29. The summed E-state index contributed by atoms with van der Waals surface area (Å²) in [7, 11) is 1.52. The SMILES string of the molecule is CCOC(=O)CCCNC(=O)COC(=O)CNC(=O)c1ccc(OC)cc1. The van der Waals surface area contributed by atoms with E-state index in [2.05, 4.69) is 10.6 Å². The molecule has 1 aromatic carbocycles. The maximum atomic E-state index is 11.9. The van der Waals surface area contributed by atoms with E-state index in [4.69, 9.17) is 14.2 Å². The zero-order valence-corrected chi connectivity index (χ0v) is 15.4. The second kappa shape index (κ2) is 12.3. The average molecular weight is 380 g/mol. The Labute approximate surface area is 157 Å². The van der Waals surface area contributed by atoms with Gasteiger partial charge in [-0.1, -0.05) is 0 Å². The Morgan fingerprint density at radius 1 is 0.963 bits per heavy atom. The molecule has 0 aliphatic rings. The highest BCUT2D eigenvalue weighted by Crippen LogP contribution is 2.10. The molecule has 27 heavy (non-hydrogen) atoms. The Morgan fingerprint density at radius 3 is 2.30 bits per heavy atom. The van der Waals surface area contributed by atoms with Gasteiger partial charge in [-0.25, -0.2) is 0 Å². The predicted octanol–water partition coefficient (Wildman–Crippen LogP) is 0.428. The molecular weight excluding hydrogens is 356 g/mol. The third-order valence-corrected chi connectivity index (χ3v) is 3.29. The molecule has 0 aliphatic heterocycles. The molecule has 0 unspecified atom stereocenters. The van der Waals surface area contributed by atoms with E-state index in [1.165, 1.54) is 7.11 Å². The van der Waals surface area contributed by atoms with Crippen LogP contribution in [-0.2, 0) is 23.9 Å². The highest BCUT2D eigenvalue weighted by atomic mass is 16.5. The van der Waals surface area contributed by atoms with Crippen LogP contribution in [0.2, 0.25) is 0 Å². The van der Waals surface area contributed by atoms with Crippen molar-refractivity contribution in [2.75, 3.05) is 33.4 Å². The molecule has 0 saturated heterocycles. The van der Waals surface area contributed by atoms with Crippen molar-refractivity contribution >= 4 is 23.8 Å². The summed E-state index contributed by atoms with van der Waals surface area (Å²) in [4.78, 5) is 46.1. The Morgan fingerprint density at radius 2 is 1.67 bits per heavy atom. The lowest BCUT2D eigenvalue weighted by molar-refractivity contribution is -0.147. The fourth-order valence-corrected chi connectivity index (χ4v) is 1.94. The third kappa shape index (κ3) is 9.24. The van der Waals surface area contributed by atoms with E-state index >= 15 is 0 Å². The van der Waals surface area contributed by atoms with Crippen LogP contribution in [0.4, 0.5) is 0 Å². The normalized spacial score (nSPS) is 9.85. The second-order valence-electron chi connectivity index (χ2n) is 5.33. The summed E-state index contributed by atoms with van der Waals surface area (Å²) in [5.74, 6) is -1.39. The number of carbonyl (C=O) groups is 4. The van der Waals surface area contributed by atoms with Gasteiger partial charge in [0.25, 0.3) is 11.8 Å². The minimum absolute atomic E-state index is 0.200. The summed E-state index contributed by atoms with van der Waals surface area (Å²) in [6.45, 7) is 1.48. The Kier molecular flexibility index (Phi) is 9.98. The van der Waals surface area contributed by atoms with Gasteiger partial charge in [0, 0.05) is 18.5 Å². The molecule has 2 N–H and O–H groups in total. The predicted molar refractivity (Wildman–Crippen MR) is 95.2 cm³/mol. The van der Waals surface area contributed by atoms with Crippen LogP contribution in [0.5, 0.6) is 5.75 Å². The maximum absolute atomic E-state index is 11.9. The van der Waals surface area contributed by atoms with Gasteiger partial charge in [-0.15, -0.1) is 0 Å². The number of esters is 2. The molecule has 9 nitrogen and oxygen atoms in total. The van der Waals surface area contributed by atoms with Gasteiger partial charge in [0.15, 0.2) is 6.61 Å². The fraction of sp³-hybridized carbons (Fsp3) is 0.444. The van der Waals surface area contributed by atoms with Crippen molar-refractivity contribution in [3.63, 3.8) is 0 Å². The molecule has 0 spiro atoms. The minimum atomic E-state index is -0.737. The van der Waals surface area contributed by atoms with Gasteiger partial charge in [-0.2, -0.15) is 0 Å². The smallest absolute Gasteiger partial charge is 0.325 e. The van der Waals surface area contributed by atoms with Gasteiger partial charge in [-0.3, -0.25) is 19.2 Å². The summed E-state index contributed by atoms with van der Waals surface area (Å²) in [6.07, 6.45) is 0.627. The van der Waals surface area contributed by atoms with Crippen LogP contribution in [0.25, 0.3) is 0 Å². The molecule has 0 atom stereocenters. The van der Waals surface area contributed by atoms with E-state index in [0.29, 0.717) is 24.3 Å². The number of methoxy groups -OCH3 is 1. The molecule has 2 amide bonds. The molecule has 0 aromatic heterocycles. The number of ether oxygens (including phenoxy) is 3. The first kappa shape index (κ1) is 21.9. The summed E-state index contributed by atoms with van der Waals surface area (Å²) >= 11 is 0.